The second-order valence-electron chi connectivity index (χ2n) is 8.97. The van der Waals surface area contributed by atoms with E-state index in [1.165, 1.54) is 0 Å². The molecule has 5 rings (SSSR count). The molecular weight excluding hydrogens is 428 g/mol. The highest BCUT2D eigenvalue weighted by atomic mass is 16.2. The van der Waals surface area contributed by atoms with Crippen LogP contribution in [-0.4, -0.2) is 66.3 Å². The molecule has 0 bridgehead atoms. The van der Waals surface area contributed by atoms with Crippen LogP contribution in [0.5, 0.6) is 0 Å². The van der Waals surface area contributed by atoms with Crippen molar-refractivity contribution in [3.8, 4) is 0 Å². The smallest absolute Gasteiger partial charge is 0.254 e. The molecule has 1 aliphatic heterocycles. The SMILES string of the molecule is O=C(CN1CCN(C(=O)c2cccc3ccccc23)CC1)Nc1cccc(C(=O)NC2CC2)c1. The first-order valence-electron chi connectivity index (χ1n) is 11.8. The van der Waals surface area contributed by atoms with Crippen molar-refractivity contribution in [1.29, 1.82) is 0 Å². The van der Waals surface area contributed by atoms with Crippen molar-refractivity contribution in [2.75, 3.05) is 38.0 Å². The minimum Gasteiger partial charge on any atom is -0.349 e. The first kappa shape index (κ1) is 22.1. The Hall–Kier alpha value is -3.71. The second kappa shape index (κ2) is 9.65. The number of anilines is 1. The van der Waals surface area contributed by atoms with Crippen molar-refractivity contribution < 1.29 is 14.4 Å². The van der Waals surface area contributed by atoms with E-state index in [0.717, 1.165) is 29.2 Å². The molecule has 0 aromatic heterocycles. The monoisotopic (exact) mass is 456 g/mol. The summed E-state index contributed by atoms with van der Waals surface area (Å²) < 4.78 is 0. The van der Waals surface area contributed by atoms with E-state index in [1.54, 1.807) is 24.3 Å². The predicted molar refractivity (Wildman–Crippen MR) is 132 cm³/mol. The largest absolute Gasteiger partial charge is 0.349 e. The summed E-state index contributed by atoms with van der Waals surface area (Å²) in [6.45, 7) is 2.66. The van der Waals surface area contributed by atoms with Crippen LogP contribution < -0.4 is 10.6 Å². The molecule has 3 amide bonds. The number of hydrogen-bond donors (Lipinski definition) is 2. The Balaban J connectivity index is 1.14. The molecule has 0 unspecified atom stereocenters. The number of hydrogen-bond acceptors (Lipinski definition) is 4. The van der Waals surface area contributed by atoms with Gasteiger partial charge < -0.3 is 15.5 Å². The molecule has 1 heterocycles. The summed E-state index contributed by atoms with van der Waals surface area (Å²) in [6, 6.07) is 21.0. The quantitative estimate of drug-likeness (QED) is 0.597. The van der Waals surface area contributed by atoms with E-state index in [2.05, 4.69) is 10.6 Å². The van der Waals surface area contributed by atoms with Gasteiger partial charge in [0.25, 0.3) is 11.8 Å². The van der Waals surface area contributed by atoms with Crippen LogP contribution >= 0.6 is 0 Å². The third-order valence-electron chi connectivity index (χ3n) is 6.37. The highest BCUT2D eigenvalue weighted by molar-refractivity contribution is 6.07. The van der Waals surface area contributed by atoms with E-state index in [-0.39, 0.29) is 30.3 Å². The van der Waals surface area contributed by atoms with Gasteiger partial charge >= 0.3 is 0 Å². The molecule has 1 aliphatic carbocycles. The topological polar surface area (TPSA) is 81.8 Å². The summed E-state index contributed by atoms with van der Waals surface area (Å²) in [4.78, 5) is 41.9. The van der Waals surface area contributed by atoms with Gasteiger partial charge in [-0.2, -0.15) is 0 Å². The summed E-state index contributed by atoms with van der Waals surface area (Å²) >= 11 is 0. The molecule has 2 fully saturated rings. The van der Waals surface area contributed by atoms with Crippen LogP contribution in [0, 0.1) is 0 Å². The summed E-state index contributed by atoms with van der Waals surface area (Å²) in [6.07, 6.45) is 2.06. The fourth-order valence-electron chi connectivity index (χ4n) is 4.33. The molecule has 3 aromatic rings. The number of amides is 3. The van der Waals surface area contributed by atoms with Crippen molar-refractivity contribution in [2.45, 2.75) is 18.9 Å². The van der Waals surface area contributed by atoms with Crippen molar-refractivity contribution in [3.63, 3.8) is 0 Å². The van der Waals surface area contributed by atoms with Gasteiger partial charge in [0.15, 0.2) is 0 Å². The van der Waals surface area contributed by atoms with Crippen LogP contribution in [-0.2, 0) is 4.79 Å². The number of carbonyl (C=O) groups is 3. The number of carbonyl (C=O) groups excluding carboxylic acids is 3. The summed E-state index contributed by atoms with van der Waals surface area (Å²) in [5, 5.41) is 7.87. The Morgan fingerprint density at radius 2 is 1.59 bits per heavy atom. The lowest BCUT2D eigenvalue weighted by Gasteiger charge is -2.34. The first-order valence-corrected chi connectivity index (χ1v) is 11.8. The third kappa shape index (κ3) is 5.10. The van der Waals surface area contributed by atoms with Crippen LogP contribution in [0.2, 0.25) is 0 Å². The lowest BCUT2D eigenvalue weighted by atomic mass is 10.0. The number of piperazine rings is 1. The minimum atomic E-state index is -0.131. The van der Waals surface area contributed by atoms with E-state index in [4.69, 9.17) is 0 Å². The maximum atomic E-state index is 13.1. The molecule has 0 spiro atoms. The minimum absolute atomic E-state index is 0.0298. The first-order chi connectivity index (χ1) is 16.6. The van der Waals surface area contributed by atoms with Crippen LogP contribution in [0.1, 0.15) is 33.6 Å². The van der Waals surface area contributed by atoms with E-state index in [1.807, 2.05) is 52.3 Å². The van der Waals surface area contributed by atoms with Gasteiger partial charge in [-0.05, 0) is 47.9 Å². The molecule has 2 aliphatic rings. The van der Waals surface area contributed by atoms with E-state index < -0.39 is 0 Å². The normalized spacial score (nSPS) is 16.3. The molecule has 1 saturated heterocycles. The van der Waals surface area contributed by atoms with Crippen LogP contribution in [0.4, 0.5) is 5.69 Å². The zero-order valence-electron chi connectivity index (χ0n) is 19.0. The highest BCUT2D eigenvalue weighted by Crippen LogP contribution is 2.21. The van der Waals surface area contributed by atoms with Gasteiger partial charge in [0.05, 0.1) is 6.54 Å². The van der Waals surface area contributed by atoms with Crippen LogP contribution in [0.3, 0.4) is 0 Å². The summed E-state index contributed by atoms with van der Waals surface area (Å²) in [7, 11) is 0. The summed E-state index contributed by atoms with van der Waals surface area (Å²) in [5.74, 6) is -0.207. The third-order valence-corrected chi connectivity index (χ3v) is 6.37. The van der Waals surface area contributed by atoms with Gasteiger partial charge in [0, 0.05) is 49.0 Å². The van der Waals surface area contributed by atoms with E-state index in [9.17, 15) is 14.4 Å². The van der Waals surface area contributed by atoms with Crippen molar-refractivity contribution >= 4 is 34.2 Å². The number of nitrogens with one attached hydrogen (secondary N) is 2. The number of benzene rings is 3. The number of nitrogens with zero attached hydrogens (tertiary/aromatic N) is 2. The van der Waals surface area contributed by atoms with Gasteiger partial charge in [0.2, 0.25) is 5.91 Å². The van der Waals surface area contributed by atoms with E-state index in [0.29, 0.717) is 37.4 Å². The van der Waals surface area contributed by atoms with Gasteiger partial charge in [0.1, 0.15) is 0 Å². The van der Waals surface area contributed by atoms with E-state index >= 15 is 0 Å². The fourth-order valence-corrected chi connectivity index (χ4v) is 4.33. The van der Waals surface area contributed by atoms with Gasteiger partial charge in [-0.25, -0.2) is 0 Å². The maximum absolute atomic E-state index is 13.1. The molecule has 0 atom stereocenters. The molecule has 2 N–H and O–H groups in total. The Bertz CT molecular complexity index is 1220. The molecule has 7 nitrogen and oxygen atoms in total. The average molecular weight is 457 g/mol. The zero-order valence-corrected chi connectivity index (χ0v) is 19.0. The van der Waals surface area contributed by atoms with Gasteiger partial charge in [-0.15, -0.1) is 0 Å². The standard InChI is InChI=1S/C27H28N4O3/c32-25(28-22-8-3-7-20(17-22)26(33)29-21-11-12-21)18-30-13-15-31(16-14-30)27(34)24-10-4-6-19-5-1-2-9-23(19)24/h1-10,17,21H,11-16,18H2,(H,28,32)(H,29,33). The Morgan fingerprint density at radius 3 is 2.38 bits per heavy atom. The molecule has 3 aromatic carbocycles. The second-order valence-corrected chi connectivity index (χ2v) is 8.97. The fraction of sp³-hybridized carbons (Fsp3) is 0.296. The molecule has 1 saturated carbocycles. The zero-order chi connectivity index (χ0) is 23.5. The predicted octanol–water partition coefficient (Wildman–Crippen LogP) is 3.13. The Morgan fingerprint density at radius 1 is 0.853 bits per heavy atom. The molecular formula is C27H28N4O3. The van der Waals surface area contributed by atoms with Gasteiger partial charge in [-0.3, -0.25) is 19.3 Å². The molecule has 0 radical (unpaired) electrons. The van der Waals surface area contributed by atoms with Crippen LogP contribution in [0.25, 0.3) is 10.8 Å². The Kier molecular flexibility index (Phi) is 6.27. The highest BCUT2D eigenvalue weighted by Gasteiger charge is 2.25. The summed E-state index contributed by atoms with van der Waals surface area (Å²) in [5.41, 5.74) is 1.87. The van der Waals surface area contributed by atoms with Crippen molar-refractivity contribution in [2.24, 2.45) is 0 Å². The van der Waals surface area contributed by atoms with Crippen molar-refractivity contribution in [3.05, 3.63) is 77.9 Å². The van der Waals surface area contributed by atoms with Crippen molar-refractivity contribution in [1.82, 2.24) is 15.1 Å². The molecule has 7 heteroatoms. The Labute approximate surface area is 198 Å². The molecule has 34 heavy (non-hydrogen) atoms. The van der Waals surface area contributed by atoms with Gasteiger partial charge in [-0.1, -0.05) is 42.5 Å². The average Bonchev–Trinajstić information content (AvgIpc) is 3.68. The number of fused-ring (bicyclic) bond motifs is 1. The van der Waals surface area contributed by atoms with Crippen LogP contribution in [0.15, 0.2) is 66.7 Å². The molecule has 174 valence electrons. The lowest BCUT2D eigenvalue weighted by Crippen LogP contribution is -2.50. The maximum Gasteiger partial charge on any atom is 0.254 e. The lowest BCUT2D eigenvalue weighted by molar-refractivity contribution is -0.117. The number of rotatable bonds is 6.